The molecule has 0 fully saturated rings. The molecule has 2 rings (SSSR count). The summed E-state index contributed by atoms with van der Waals surface area (Å²) in [6, 6.07) is 13.2. The zero-order valence-corrected chi connectivity index (χ0v) is 14.4. The third-order valence-electron chi connectivity index (χ3n) is 3.49. The smallest absolute Gasteiger partial charge is 0.180 e. The number of aliphatic hydroxyl groups is 1. The Hall–Kier alpha value is -2.01. The number of methoxy groups -OCH3 is 1. The highest BCUT2D eigenvalue weighted by molar-refractivity contribution is 6.32. The molecule has 2 N–H and O–H groups in total. The molecule has 0 saturated heterocycles. The van der Waals surface area contributed by atoms with Crippen molar-refractivity contribution in [1.82, 2.24) is 5.32 Å². The fourth-order valence-corrected chi connectivity index (χ4v) is 2.59. The van der Waals surface area contributed by atoms with Crippen molar-refractivity contribution in [1.29, 1.82) is 0 Å². The molecule has 0 radical (unpaired) electrons. The van der Waals surface area contributed by atoms with Gasteiger partial charge >= 0.3 is 0 Å². The predicted molar refractivity (Wildman–Crippen MR) is 96.8 cm³/mol. The van der Waals surface area contributed by atoms with Gasteiger partial charge < -0.3 is 19.9 Å². The Morgan fingerprint density at radius 2 is 2.04 bits per heavy atom. The average Bonchev–Trinajstić information content (AvgIpc) is 2.61. The molecule has 0 aliphatic carbocycles. The van der Waals surface area contributed by atoms with Crippen LogP contribution >= 0.6 is 11.6 Å². The summed E-state index contributed by atoms with van der Waals surface area (Å²) in [6.07, 6.45) is 1.09. The molecule has 0 bridgehead atoms. The second-order valence-electron chi connectivity index (χ2n) is 5.27. The maximum absolute atomic E-state index is 10.2. The van der Waals surface area contributed by atoms with E-state index in [1.807, 2.05) is 42.5 Å². The third-order valence-corrected chi connectivity index (χ3v) is 3.77. The Kier molecular flexibility index (Phi) is 7.12. The monoisotopic (exact) mass is 347 g/mol. The van der Waals surface area contributed by atoms with E-state index in [4.69, 9.17) is 21.1 Å². The minimum absolute atomic E-state index is 0.358. The highest BCUT2D eigenvalue weighted by Crippen LogP contribution is 2.36. The number of rotatable bonds is 9. The maximum atomic E-state index is 10.2. The van der Waals surface area contributed by atoms with Crippen LogP contribution in [-0.4, -0.2) is 25.4 Å². The lowest BCUT2D eigenvalue weighted by Gasteiger charge is -2.15. The number of hydrogen-bond acceptors (Lipinski definition) is 4. The second-order valence-corrected chi connectivity index (χ2v) is 5.67. The van der Waals surface area contributed by atoms with Crippen molar-refractivity contribution in [2.24, 2.45) is 0 Å². The van der Waals surface area contributed by atoms with E-state index in [9.17, 15) is 5.11 Å². The van der Waals surface area contributed by atoms with E-state index >= 15 is 0 Å². The van der Waals surface area contributed by atoms with E-state index in [-0.39, 0.29) is 0 Å². The zero-order valence-electron chi connectivity index (χ0n) is 13.7. The summed E-state index contributed by atoms with van der Waals surface area (Å²) in [7, 11) is 1.57. The average molecular weight is 348 g/mol. The molecular formula is C19H22ClNO3. The van der Waals surface area contributed by atoms with Crippen LogP contribution in [0.5, 0.6) is 11.5 Å². The second kappa shape index (κ2) is 9.33. The molecule has 0 heterocycles. The molecule has 0 saturated carbocycles. The van der Waals surface area contributed by atoms with E-state index in [2.05, 4.69) is 11.9 Å². The van der Waals surface area contributed by atoms with Crippen LogP contribution in [0.15, 0.2) is 55.1 Å². The fraction of sp³-hybridized carbons (Fsp3) is 0.263. The number of aliphatic hydroxyl groups excluding tert-OH is 1. The summed E-state index contributed by atoms with van der Waals surface area (Å²) < 4.78 is 10.9. The lowest BCUT2D eigenvalue weighted by Crippen LogP contribution is -2.21. The normalized spacial score (nSPS) is 11.8. The molecule has 1 atom stereocenters. The van der Waals surface area contributed by atoms with Gasteiger partial charge in [0.1, 0.15) is 6.61 Å². The molecule has 0 unspecified atom stereocenters. The zero-order chi connectivity index (χ0) is 17.4. The van der Waals surface area contributed by atoms with Gasteiger partial charge in [-0.2, -0.15) is 0 Å². The molecule has 0 aliphatic rings. The lowest BCUT2D eigenvalue weighted by atomic mass is 10.1. The quantitative estimate of drug-likeness (QED) is 0.678. The Balaban J connectivity index is 1.97. The summed E-state index contributed by atoms with van der Waals surface area (Å²) in [5.41, 5.74) is 1.83. The molecule has 0 aliphatic heterocycles. The van der Waals surface area contributed by atoms with Crippen LogP contribution in [0.3, 0.4) is 0 Å². The molecule has 2 aromatic carbocycles. The standard InChI is InChI=1S/C19H22ClNO3/c1-3-9-24-19-16(20)10-14(11-18(19)23-2)12-21-13-17(22)15-7-5-4-6-8-15/h3-8,10-11,17,21-22H,1,9,12-13H2,2H3/t17-/m0/s1. The number of hydrogen-bond donors (Lipinski definition) is 2. The van der Waals surface area contributed by atoms with Crippen molar-refractivity contribution in [3.8, 4) is 11.5 Å². The summed E-state index contributed by atoms with van der Waals surface area (Å²) in [6.45, 7) is 4.98. The van der Waals surface area contributed by atoms with Crippen LogP contribution in [-0.2, 0) is 6.54 Å². The maximum Gasteiger partial charge on any atom is 0.180 e. The first-order valence-electron chi connectivity index (χ1n) is 7.69. The SMILES string of the molecule is C=CCOc1c(Cl)cc(CNC[C@H](O)c2ccccc2)cc1OC. The first-order chi connectivity index (χ1) is 11.7. The topological polar surface area (TPSA) is 50.7 Å². The van der Waals surface area contributed by atoms with E-state index in [0.717, 1.165) is 11.1 Å². The fourth-order valence-electron chi connectivity index (χ4n) is 2.30. The summed E-state index contributed by atoms with van der Waals surface area (Å²) in [5.74, 6) is 1.08. The Morgan fingerprint density at radius 3 is 2.71 bits per heavy atom. The van der Waals surface area contributed by atoms with Crippen LogP contribution in [0.25, 0.3) is 0 Å². The van der Waals surface area contributed by atoms with Gasteiger partial charge in [0.2, 0.25) is 0 Å². The molecule has 0 spiro atoms. The highest BCUT2D eigenvalue weighted by Gasteiger charge is 2.12. The van der Waals surface area contributed by atoms with Gasteiger partial charge in [-0.15, -0.1) is 0 Å². The van der Waals surface area contributed by atoms with Crippen molar-refractivity contribution in [3.63, 3.8) is 0 Å². The number of nitrogens with one attached hydrogen (secondary N) is 1. The molecular weight excluding hydrogens is 326 g/mol. The van der Waals surface area contributed by atoms with Gasteiger partial charge in [-0.25, -0.2) is 0 Å². The van der Waals surface area contributed by atoms with Crippen molar-refractivity contribution in [2.45, 2.75) is 12.6 Å². The third kappa shape index (κ3) is 4.99. The van der Waals surface area contributed by atoms with Crippen molar-refractivity contribution >= 4 is 11.6 Å². The van der Waals surface area contributed by atoms with Crippen molar-refractivity contribution in [2.75, 3.05) is 20.3 Å². The molecule has 2 aromatic rings. The Bertz CT molecular complexity index is 661. The van der Waals surface area contributed by atoms with Crippen molar-refractivity contribution < 1.29 is 14.6 Å². The van der Waals surface area contributed by atoms with Crippen LogP contribution in [0.1, 0.15) is 17.2 Å². The van der Waals surface area contributed by atoms with E-state index in [1.54, 1.807) is 13.2 Å². The van der Waals surface area contributed by atoms with Crippen LogP contribution in [0.2, 0.25) is 5.02 Å². The van der Waals surface area contributed by atoms with Gasteiger partial charge in [-0.05, 0) is 23.3 Å². The van der Waals surface area contributed by atoms with Crippen LogP contribution in [0, 0.1) is 0 Å². The van der Waals surface area contributed by atoms with Gasteiger partial charge in [0.05, 0.1) is 18.2 Å². The van der Waals surface area contributed by atoms with E-state index in [1.165, 1.54) is 0 Å². The number of benzene rings is 2. The van der Waals surface area contributed by atoms with Crippen molar-refractivity contribution in [3.05, 3.63) is 71.3 Å². The van der Waals surface area contributed by atoms with E-state index < -0.39 is 6.10 Å². The van der Waals surface area contributed by atoms with E-state index in [0.29, 0.717) is 36.2 Å². The molecule has 128 valence electrons. The lowest BCUT2D eigenvalue weighted by molar-refractivity contribution is 0.174. The number of ether oxygens (including phenoxy) is 2. The van der Waals surface area contributed by atoms with Gasteiger partial charge in [0.15, 0.2) is 11.5 Å². The van der Waals surface area contributed by atoms with Gasteiger partial charge in [0, 0.05) is 13.1 Å². The molecule has 5 heteroatoms. The Morgan fingerprint density at radius 1 is 1.29 bits per heavy atom. The molecule has 0 aromatic heterocycles. The number of halogens is 1. The minimum Gasteiger partial charge on any atom is -0.493 e. The van der Waals surface area contributed by atoms with Gasteiger partial charge in [-0.1, -0.05) is 54.6 Å². The minimum atomic E-state index is -0.557. The first kappa shape index (κ1) is 18.3. The predicted octanol–water partition coefficient (Wildman–Crippen LogP) is 3.74. The molecule has 24 heavy (non-hydrogen) atoms. The first-order valence-corrected chi connectivity index (χ1v) is 8.07. The van der Waals surface area contributed by atoms with Crippen LogP contribution < -0.4 is 14.8 Å². The molecule has 0 amide bonds. The Labute approximate surface area is 147 Å². The summed E-state index contributed by atoms with van der Waals surface area (Å²) in [5, 5.41) is 13.9. The largest absolute Gasteiger partial charge is 0.493 e. The summed E-state index contributed by atoms with van der Waals surface area (Å²) in [4.78, 5) is 0. The summed E-state index contributed by atoms with van der Waals surface area (Å²) >= 11 is 6.27. The highest BCUT2D eigenvalue weighted by atomic mass is 35.5. The molecule has 4 nitrogen and oxygen atoms in total. The van der Waals surface area contributed by atoms with Gasteiger partial charge in [0.25, 0.3) is 0 Å². The van der Waals surface area contributed by atoms with Crippen LogP contribution in [0.4, 0.5) is 0 Å². The van der Waals surface area contributed by atoms with Gasteiger partial charge in [-0.3, -0.25) is 0 Å².